The standard InChI is InChI=1S/C21H28N2OS/c1-4-6-7-17-8-12-19(13-9-17)22-21(25)23(3)16-18-10-14-20(15-11-18)24-5-2/h8-15H,4-7,16H2,1-3H3,(H,22,25). The van der Waals surface area contributed by atoms with E-state index in [1.807, 2.05) is 31.0 Å². The molecule has 0 aliphatic heterocycles. The van der Waals surface area contributed by atoms with Gasteiger partial charge in [-0.2, -0.15) is 0 Å². The van der Waals surface area contributed by atoms with Gasteiger partial charge in [-0.25, -0.2) is 0 Å². The van der Waals surface area contributed by atoms with Crippen LogP contribution in [0.25, 0.3) is 0 Å². The van der Waals surface area contributed by atoms with E-state index in [0.29, 0.717) is 6.61 Å². The van der Waals surface area contributed by atoms with Gasteiger partial charge in [0.25, 0.3) is 0 Å². The van der Waals surface area contributed by atoms with Gasteiger partial charge in [0.15, 0.2) is 5.11 Å². The highest BCUT2D eigenvalue weighted by molar-refractivity contribution is 7.80. The molecule has 0 atom stereocenters. The van der Waals surface area contributed by atoms with E-state index >= 15 is 0 Å². The van der Waals surface area contributed by atoms with Crippen LogP contribution in [0.2, 0.25) is 0 Å². The summed E-state index contributed by atoms with van der Waals surface area (Å²) >= 11 is 5.52. The van der Waals surface area contributed by atoms with Crippen molar-refractivity contribution in [2.45, 2.75) is 39.7 Å². The molecule has 0 saturated heterocycles. The van der Waals surface area contributed by atoms with E-state index in [4.69, 9.17) is 17.0 Å². The van der Waals surface area contributed by atoms with Crippen molar-refractivity contribution >= 4 is 23.0 Å². The summed E-state index contributed by atoms with van der Waals surface area (Å²) in [5, 5.41) is 4.03. The predicted molar refractivity (Wildman–Crippen MR) is 110 cm³/mol. The van der Waals surface area contributed by atoms with Crippen molar-refractivity contribution < 1.29 is 4.74 Å². The van der Waals surface area contributed by atoms with Crippen LogP contribution in [0.1, 0.15) is 37.8 Å². The molecule has 2 aromatic rings. The van der Waals surface area contributed by atoms with Crippen LogP contribution in [0.4, 0.5) is 5.69 Å². The van der Waals surface area contributed by atoms with E-state index in [1.54, 1.807) is 0 Å². The molecule has 0 heterocycles. The Bertz CT molecular complexity index is 653. The predicted octanol–water partition coefficient (Wildman–Crippen LogP) is 5.26. The molecule has 0 aliphatic rings. The molecule has 4 heteroatoms. The second-order valence-corrected chi connectivity index (χ2v) is 6.55. The summed E-state index contributed by atoms with van der Waals surface area (Å²) in [6.07, 6.45) is 3.59. The van der Waals surface area contributed by atoms with Gasteiger partial charge in [0.05, 0.1) is 6.61 Å². The molecule has 0 aliphatic carbocycles. The monoisotopic (exact) mass is 356 g/mol. The minimum atomic E-state index is 0.685. The van der Waals surface area contributed by atoms with Gasteiger partial charge in [-0.15, -0.1) is 0 Å². The number of anilines is 1. The molecule has 0 radical (unpaired) electrons. The average molecular weight is 357 g/mol. The van der Waals surface area contributed by atoms with E-state index in [9.17, 15) is 0 Å². The number of ether oxygens (including phenoxy) is 1. The van der Waals surface area contributed by atoms with Crippen molar-refractivity contribution in [3.8, 4) is 5.75 Å². The molecule has 134 valence electrons. The van der Waals surface area contributed by atoms with Gasteiger partial charge in [-0.1, -0.05) is 37.6 Å². The van der Waals surface area contributed by atoms with E-state index in [2.05, 4.69) is 48.6 Å². The molecule has 0 saturated carbocycles. The zero-order valence-corrected chi connectivity index (χ0v) is 16.2. The SMILES string of the molecule is CCCCc1ccc(NC(=S)N(C)Cc2ccc(OCC)cc2)cc1. The van der Waals surface area contributed by atoms with E-state index < -0.39 is 0 Å². The lowest BCUT2D eigenvalue weighted by atomic mass is 10.1. The molecule has 3 nitrogen and oxygen atoms in total. The fraction of sp³-hybridized carbons (Fsp3) is 0.381. The number of benzene rings is 2. The third-order valence-corrected chi connectivity index (χ3v) is 4.44. The second kappa shape index (κ2) is 10.0. The van der Waals surface area contributed by atoms with Crippen molar-refractivity contribution in [2.24, 2.45) is 0 Å². The smallest absolute Gasteiger partial charge is 0.173 e. The minimum absolute atomic E-state index is 0.685. The summed E-state index contributed by atoms with van der Waals surface area (Å²) in [5.41, 5.74) is 3.61. The van der Waals surface area contributed by atoms with Crippen LogP contribution in [0.15, 0.2) is 48.5 Å². The fourth-order valence-corrected chi connectivity index (χ4v) is 2.74. The Hall–Kier alpha value is -2.07. The summed E-state index contributed by atoms with van der Waals surface area (Å²) in [7, 11) is 2.00. The molecule has 0 aromatic heterocycles. The van der Waals surface area contributed by atoms with Gasteiger partial charge in [0.1, 0.15) is 5.75 Å². The lowest BCUT2D eigenvalue weighted by molar-refractivity contribution is 0.340. The Morgan fingerprint density at radius 1 is 1.00 bits per heavy atom. The van der Waals surface area contributed by atoms with E-state index in [0.717, 1.165) is 29.5 Å². The first-order chi connectivity index (χ1) is 12.1. The maximum Gasteiger partial charge on any atom is 0.173 e. The number of nitrogens with one attached hydrogen (secondary N) is 1. The molecule has 1 N–H and O–H groups in total. The molecule has 2 rings (SSSR count). The summed E-state index contributed by atoms with van der Waals surface area (Å²) in [6.45, 7) is 5.65. The van der Waals surface area contributed by atoms with Crippen LogP contribution in [0, 0.1) is 0 Å². The maximum atomic E-state index is 5.52. The van der Waals surface area contributed by atoms with Crippen LogP contribution < -0.4 is 10.1 Å². The second-order valence-electron chi connectivity index (χ2n) is 6.16. The molecule has 0 fully saturated rings. The number of nitrogens with zero attached hydrogens (tertiary/aromatic N) is 1. The number of hydrogen-bond acceptors (Lipinski definition) is 2. The zero-order valence-electron chi connectivity index (χ0n) is 15.4. The number of hydrogen-bond donors (Lipinski definition) is 1. The first-order valence-corrected chi connectivity index (χ1v) is 9.36. The summed E-state index contributed by atoms with van der Waals surface area (Å²) in [6, 6.07) is 16.7. The molecule has 25 heavy (non-hydrogen) atoms. The van der Waals surface area contributed by atoms with Crippen LogP contribution >= 0.6 is 12.2 Å². The highest BCUT2D eigenvalue weighted by Crippen LogP contribution is 2.15. The third kappa shape index (κ3) is 6.39. The fourth-order valence-electron chi connectivity index (χ4n) is 2.56. The first-order valence-electron chi connectivity index (χ1n) is 8.95. The van der Waals surface area contributed by atoms with Gasteiger partial charge in [0.2, 0.25) is 0 Å². The molecule has 2 aromatic carbocycles. The lowest BCUT2D eigenvalue weighted by Crippen LogP contribution is -2.30. The van der Waals surface area contributed by atoms with E-state index in [1.165, 1.54) is 24.0 Å². The molecule has 0 spiro atoms. The number of thiocarbonyl (C=S) groups is 1. The van der Waals surface area contributed by atoms with Crippen LogP contribution in [0.3, 0.4) is 0 Å². The first kappa shape index (κ1) is 19.3. The lowest BCUT2D eigenvalue weighted by Gasteiger charge is -2.21. The summed E-state index contributed by atoms with van der Waals surface area (Å²) < 4.78 is 5.47. The van der Waals surface area contributed by atoms with Crippen LogP contribution in [0.5, 0.6) is 5.75 Å². The molecule has 0 unspecified atom stereocenters. The van der Waals surface area contributed by atoms with Gasteiger partial charge in [-0.05, 0) is 67.4 Å². The quantitative estimate of drug-likeness (QED) is 0.652. The van der Waals surface area contributed by atoms with Gasteiger partial charge in [-0.3, -0.25) is 0 Å². The van der Waals surface area contributed by atoms with Crippen LogP contribution in [-0.4, -0.2) is 23.7 Å². The zero-order chi connectivity index (χ0) is 18.1. The van der Waals surface area contributed by atoms with Gasteiger partial charge < -0.3 is 15.0 Å². The van der Waals surface area contributed by atoms with Gasteiger partial charge >= 0.3 is 0 Å². The Morgan fingerprint density at radius 2 is 1.64 bits per heavy atom. The Labute approximate surface area is 157 Å². The third-order valence-electron chi connectivity index (χ3n) is 4.03. The van der Waals surface area contributed by atoms with Crippen molar-refractivity contribution in [1.29, 1.82) is 0 Å². The molecular formula is C21H28N2OS. The number of unbranched alkanes of at least 4 members (excludes halogenated alkanes) is 1. The normalized spacial score (nSPS) is 10.4. The maximum absolute atomic E-state index is 5.52. The van der Waals surface area contributed by atoms with Crippen molar-refractivity contribution in [3.63, 3.8) is 0 Å². The molecule has 0 bridgehead atoms. The molecule has 0 amide bonds. The van der Waals surface area contributed by atoms with Gasteiger partial charge in [0, 0.05) is 19.3 Å². The van der Waals surface area contributed by atoms with E-state index in [-0.39, 0.29) is 0 Å². The summed E-state index contributed by atoms with van der Waals surface area (Å²) in [5.74, 6) is 0.901. The van der Waals surface area contributed by atoms with Crippen molar-refractivity contribution in [3.05, 3.63) is 59.7 Å². The summed E-state index contributed by atoms with van der Waals surface area (Å²) in [4.78, 5) is 2.04. The largest absolute Gasteiger partial charge is 0.494 e. The number of aryl methyl sites for hydroxylation is 1. The Kier molecular flexibility index (Phi) is 7.74. The Balaban J connectivity index is 1.86. The number of rotatable bonds is 8. The van der Waals surface area contributed by atoms with Crippen molar-refractivity contribution in [2.75, 3.05) is 19.0 Å². The average Bonchev–Trinajstić information content (AvgIpc) is 2.63. The van der Waals surface area contributed by atoms with Crippen molar-refractivity contribution in [1.82, 2.24) is 4.90 Å². The molecular weight excluding hydrogens is 328 g/mol. The topological polar surface area (TPSA) is 24.5 Å². The highest BCUT2D eigenvalue weighted by Gasteiger charge is 2.06. The Morgan fingerprint density at radius 3 is 2.24 bits per heavy atom. The minimum Gasteiger partial charge on any atom is -0.494 e. The highest BCUT2D eigenvalue weighted by atomic mass is 32.1. The van der Waals surface area contributed by atoms with Crippen LogP contribution in [-0.2, 0) is 13.0 Å².